The molecule has 4 nitrogen and oxygen atoms in total. The summed E-state index contributed by atoms with van der Waals surface area (Å²) in [5, 5.41) is 0. The topological polar surface area (TPSA) is 72.2 Å². The zero-order chi connectivity index (χ0) is 15.8. The van der Waals surface area contributed by atoms with Gasteiger partial charge in [-0.2, -0.15) is 0 Å². The molecule has 21 heavy (non-hydrogen) atoms. The maximum atomic E-state index is 12.4. The summed E-state index contributed by atoms with van der Waals surface area (Å²) < 4.78 is 27.5. The highest BCUT2D eigenvalue weighted by Crippen LogP contribution is 2.24. The number of hydrogen-bond donors (Lipinski definition) is 2. The number of nitrogen functional groups attached to an aromatic ring is 1. The lowest BCUT2D eigenvalue weighted by Crippen LogP contribution is -2.14. The van der Waals surface area contributed by atoms with E-state index >= 15 is 0 Å². The summed E-state index contributed by atoms with van der Waals surface area (Å²) >= 11 is 0. The van der Waals surface area contributed by atoms with E-state index in [9.17, 15) is 8.42 Å². The molecule has 0 aliphatic carbocycles. The number of hydrogen-bond acceptors (Lipinski definition) is 3. The van der Waals surface area contributed by atoms with Gasteiger partial charge in [0.2, 0.25) is 0 Å². The second kappa shape index (κ2) is 5.41. The van der Waals surface area contributed by atoms with Crippen LogP contribution in [0.2, 0.25) is 0 Å². The van der Waals surface area contributed by atoms with Gasteiger partial charge < -0.3 is 5.73 Å². The minimum absolute atomic E-state index is 0.182. The predicted molar refractivity (Wildman–Crippen MR) is 87.1 cm³/mol. The number of benzene rings is 2. The van der Waals surface area contributed by atoms with Crippen LogP contribution in [-0.2, 0) is 10.0 Å². The van der Waals surface area contributed by atoms with Crippen LogP contribution in [0.3, 0.4) is 0 Å². The number of nitrogens with two attached hydrogens (primary N) is 1. The summed E-state index contributed by atoms with van der Waals surface area (Å²) in [4.78, 5) is 0.182. The summed E-state index contributed by atoms with van der Waals surface area (Å²) in [6, 6.07) is 8.59. The molecule has 0 spiro atoms. The molecule has 3 N–H and O–H groups in total. The highest BCUT2D eigenvalue weighted by atomic mass is 32.2. The van der Waals surface area contributed by atoms with Crippen molar-refractivity contribution < 1.29 is 8.42 Å². The smallest absolute Gasteiger partial charge is 0.261 e. The average Bonchev–Trinajstić information content (AvgIpc) is 2.39. The van der Waals surface area contributed by atoms with Crippen molar-refractivity contribution >= 4 is 21.4 Å². The van der Waals surface area contributed by atoms with Crippen LogP contribution in [0, 0.1) is 27.7 Å². The van der Waals surface area contributed by atoms with Gasteiger partial charge in [-0.1, -0.05) is 6.07 Å². The van der Waals surface area contributed by atoms with E-state index in [2.05, 4.69) is 4.72 Å². The van der Waals surface area contributed by atoms with Crippen molar-refractivity contribution in [2.75, 3.05) is 10.5 Å². The molecular weight excluding hydrogens is 284 g/mol. The highest BCUT2D eigenvalue weighted by molar-refractivity contribution is 7.92. The predicted octanol–water partition coefficient (Wildman–Crippen LogP) is 3.30. The van der Waals surface area contributed by atoms with E-state index in [0.717, 1.165) is 22.3 Å². The van der Waals surface area contributed by atoms with Crippen molar-refractivity contribution in [1.82, 2.24) is 0 Å². The molecule has 0 radical (unpaired) electrons. The third-order valence-corrected chi connectivity index (χ3v) is 5.11. The zero-order valence-electron chi connectivity index (χ0n) is 12.7. The molecule has 0 aliphatic heterocycles. The van der Waals surface area contributed by atoms with Crippen molar-refractivity contribution in [3.63, 3.8) is 0 Å². The van der Waals surface area contributed by atoms with Gasteiger partial charge in [-0.25, -0.2) is 8.42 Å². The van der Waals surface area contributed by atoms with E-state index in [1.54, 1.807) is 12.1 Å². The van der Waals surface area contributed by atoms with E-state index in [-0.39, 0.29) is 4.90 Å². The Labute approximate surface area is 126 Å². The first kappa shape index (κ1) is 15.4. The lowest BCUT2D eigenvalue weighted by molar-refractivity contribution is 0.601. The highest BCUT2D eigenvalue weighted by Gasteiger charge is 2.16. The Morgan fingerprint density at radius 3 is 2.14 bits per heavy atom. The second-order valence-electron chi connectivity index (χ2n) is 5.36. The molecule has 0 unspecified atom stereocenters. The molecule has 0 aliphatic rings. The molecule has 0 heterocycles. The number of rotatable bonds is 3. The van der Waals surface area contributed by atoms with E-state index in [1.165, 1.54) is 6.07 Å². The summed E-state index contributed by atoms with van der Waals surface area (Å²) in [5.41, 5.74) is 10.8. The molecule has 0 atom stereocenters. The van der Waals surface area contributed by atoms with Crippen LogP contribution in [0.25, 0.3) is 0 Å². The summed E-state index contributed by atoms with van der Waals surface area (Å²) in [6.07, 6.45) is 0. The number of aryl methyl sites for hydroxylation is 3. The van der Waals surface area contributed by atoms with Gasteiger partial charge >= 0.3 is 0 Å². The van der Waals surface area contributed by atoms with Gasteiger partial charge in [0, 0.05) is 11.4 Å². The maximum absolute atomic E-state index is 12.4. The molecule has 2 aromatic rings. The maximum Gasteiger partial charge on any atom is 0.261 e. The Morgan fingerprint density at radius 1 is 0.905 bits per heavy atom. The fraction of sp³-hybridized carbons (Fsp3) is 0.250. The lowest BCUT2D eigenvalue weighted by atomic mass is 10.1. The fourth-order valence-corrected chi connectivity index (χ4v) is 3.20. The molecule has 2 rings (SSSR count). The minimum atomic E-state index is -3.63. The van der Waals surface area contributed by atoms with Crippen molar-refractivity contribution in [3.8, 4) is 0 Å². The first-order chi connectivity index (χ1) is 9.70. The van der Waals surface area contributed by atoms with E-state index in [4.69, 9.17) is 5.73 Å². The Kier molecular flexibility index (Phi) is 3.96. The largest absolute Gasteiger partial charge is 0.398 e. The Hall–Kier alpha value is -2.01. The first-order valence-electron chi connectivity index (χ1n) is 6.67. The Bertz CT molecular complexity index is 773. The van der Waals surface area contributed by atoms with E-state index in [0.29, 0.717) is 11.4 Å². The van der Waals surface area contributed by atoms with Crippen LogP contribution < -0.4 is 10.5 Å². The second-order valence-corrected chi connectivity index (χ2v) is 7.04. The average molecular weight is 304 g/mol. The normalized spacial score (nSPS) is 11.4. The zero-order valence-corrected chi connectivity index (χ0v) is 13.5. The van der Waals surface area contributed by atoms with Crippen molar-refractivity contribution in [2.24, 2.45) is 0 Å². The number of nitrogens with one attached hydrogen (secondary N) is 1. The minimum Gasteiger partial charge on any atom is -0.398 e. The molecule has 0 saturated carbocycles. The van der Waals surface area contributed by atoms with Crippen LogP contribution in [0.4, 0.5) is 11.4 Å². The first-order valence-corrected chi connectivity index (χ1v) is 8.16. The fourth-order valence-electron chi connectivity index (χ4n) is 2.03. The number of anilines is 2. The Balaban J connectivity index is 2.40. The van der Waals surface area contributed by atoms with Crippen molar-refractivity contribution in [3.05, 3.63) is 52.6 Å². The van der Waals surface area contributed by atoms with Gasteiger partial charge in [0.1, 0.15) is 0 Å². The van der Waals surface area contributed by atoms with Crippen LogP contribution >= 0.6 is 0 Å². The van der Waals surface area contributed by atoms with Crippen LogP contribution in [0.15, 0.2) is 35.2 Å². The Morgan fingerprint density at radius 2 is 1.57 bits per heavy atom. The molecule has 0 fully saturated rings. The van der Waals surface area contributed by atoms with Gasteiger partial charge in [-0.3, -0.25) is 4.72 Å². The van der Waals surface area contributed by atoms with Gasteiger partial charge in [0.25, 0.3) is 10.0 Å². The molecule has 2 aromatic carbocycles. The molecule has 0 saturated heterocycles. The van der Waals surface area contributed by atoms with Crippen molar-refractivity contribution in [1.29, 1.82) is 0 Å². The van der Waals surface area contributed by atoms with Gasteiger partial charge in [0.15, 0.2) is 0 Å². The van der Waals surface area contributed by atoms with Gasteiger partial charge in [-0.15, -0.1) is 0 Å². The molecule has 112 valence electrons. The van der Waals surface area contributed by atoms with E-state index < -0.39 is 10.0 Å². The molecule has 0 amide bonds. The van der Waals surface area contributed by atoms with Crippen LogP contribution in [0.1, 0.15) is 22.3 Å². The SMILES string of the molecule is Cc1ccc(NS(=O)(=O)c2cc(C)c(C)c(N)c2)cc1C. The third kappa shape index (κ3) is 3.19. The summed E-state index contributed by atoms with van der Waals surface area (Å²) in [5.74, 6) is 0. The van der Waals surface area contributed by atoms with Crippen molar-refractivity contribution in [2.45, 2.75) is 32.6 Å². The standard InChI is InChI=1S/C16H20N2O2S/c1-10-5-6-14(7-11(10)2)18-21(19,20)15-8-12(3)13(4)16(17)9-15/h5-9,18H,17H2,1-4H3. The molecule has 0 aromatic heterocycles. The van der Waals surface area contributed by atoms with Gasteiger partial charge in [-0.05, 0) is 74.2 Å². The molecular formula is C16H20N2O2S. The van der Waals surface area contributed by atoms with Crippen LogP contribution in [0.5, 0.6) is 0 Å². The lowest BCUT2D eigenvalue weighted by Gasteiger charge is -2.12. The van der Waals surface area contributed by atoms with E-state index in [1.807, 2.05) is 39.8 Å². The van der Waals surface area contributed by atoms with Crippen LogP contribution in [-0.4, -0.2) is 8.42 Å². The molecule has 0 bridgehead atoms. The quantitative estimate of drug-likeness (QED) is 0.855. The summed E-state index contributed by atoms with van der Waals surface area (Å²) in [6.45, 7) is 7.65. The summed E-state index contributed by atoms with van der Waals surface area (Å²) in [7, 11) is -3.63. The third-order valence-electron chi connectivity index (χ3n) is 3.75. The number of sulfonamides is 1. The van der Waals surface area contributed by atoms with Gasteiger partial charge in [0.05, 0.1) is 4.90 Å². The monoisotopic (exact) mass is 304 g/mol. The molecule has 5 heteroatoms.